The Kier molecular flexibility index (Phi) is 30.4. The highest BCUT2D eigenvalue weighted by atomic mass is 16.3. The summed E-state index contributed by atoms with van der Waals surface area (Å²) in [4.78, 5) is 168. The third-order valence-electron chi connectivity index (χ3n) is 15.7. The molecule has 1 aliphatic heterocycles. The van der Waals surface area contributed by atoms with Crippen LogP contribution in [0.1, 0.15) is 143 Å². The average Bonchev–Trinajstić information content (AvgIpc) is 3.51. The predicted octanol–water partition coefficient (Wildman–Crippen LogP) is 1.26. The van der Waals surface area contributed by atoms with Crippen LogP contribution in [0.2, 0.25) is 0 Å². The van der Waals surface area contributed by atoms with Gasteiger partial charge in [-0.05, 0) is 93.9 Å². The van der Waals surface area contributed by atoms with Crippen molar-refractivity contribution in [3.8, 4) is 0 Å². The Balaban J connectivity index is 4.28. The minimum Gasteiger partial charge on any atom is -0.390 e. The molecule has 24 nitrogen and oxygen atoms in total. The summed E-state index contributed by atoms with van der Waals surface area (Å²) in [7, 11) is 9.80. The Morgan fingerprint density at radius 2 is 0.843 bits per heavy atom. The molecule has 0 aromatic rings. The molecule has 0 saturated carbocycles. The number of nitrogens with two attached hydrogens (primary N) is 1. The summed E-state index contributed by atoms with van der Waals surface area (Å²) in [6.07, 6.45) is -0.976. The van der Waals surface area contributed by atoms with Crippen LogP contribution in [0.3, 0.4) is 0 Å². The van der Waals surface area contributed by atoms with E-state index in [1.54, 1.807) is 41.5 Å². The van der Waals surface area contributed by atoms with Crippen LogP contribution >= 0.6 is 0 Å². The topological polar surface area (TPSA) is 305 Å². The number of likely N-dealkylation sites (N-methyl/N-ethyl adjacent to an activating group) is 7. The lowest BCUT2D eigenvalue weighted by molar-refractivity contribution is -0.157. The molecule has 7 N–H and O–H groups in total. The van der Waals surface area contributed by atoms with Crippen molar-refractivity contribution < 1.29 is 57.8 Å². The zero-order valence-corrected chi connectivity index (χ0v) is 54.5. The maximum absolute atomic E-state index is 15.0. The van der Waals surface area contributed by atoms with E-state index in [4.69, 9.17) is 5.73 Å². The van der Waals surface area contributed by atoms with Gasteiger partial charge < -0.3 is 66.4 Å². The van der Waals surface area contributed by atoms with Crippen LogP contribution in [0, 0.1) is 41.4 Å². The van der Waals surface area contributed by atoms with Crippen molar-refractivity contribution in [2.75, 3.05) is 62.4 Å². The van der Waals surface area contributed by atoms with Gasteiger partial charge in [0.05, 0.1) is 12.6 Å². The van der Waals surface area contributed by atoms with Crippen LogP contribution < -0.4 is 27.0 Å². The molecule has 24 heteroatoms. The molecule has 1 saturated heterocycles. The Morgan fingerprint density at radius 1 is 0.446 bits per heavy atom. The molecule has 1 rings (SSSR count). The molecular weight excluding hydrogens is 1070 g/mol. The van der Waals surface area contributed by atoms with Crippen molar-refractivity contribution >= 4 is 65.0 Å². The number of carbonyl (C=O) groups excluding carboxylic acids is 11. The van der Waals surface area contributed by atoms with Crippen LogP contribution in [-0.4, -0.2) is 233 Å². The van der Waals surface area contributed by atoms with Gasteiger partial charge in [0.25, 0.3) is 0 Å². The molecule has 1 fully saturated rings. The number of nitrogens with zero attached hydrogens (tertiary/aromatic N) is 7. The highest BCUT2D eigenvalue weighted by Gasteiger charge is 2.45. The van der Waals surface area contributed by atoms with Gasteiger partial charge in [0, 0.05) is 49.3 Å². The lowest BCUT2D eigenvalue weighted by Crippen LogP contribution is -2.64. The van der Waals surface area contributed by atoms with Crippen molar-refractivity contribution in [1.82, 2.24) is 55.6 Å². The first-order valence-corrected chi connectivity index (χ1v) is 29.7. The van der Waals surface area contributed by atoms with Crippen LogP contribution in [-0.2, 0) is 52.7 Å². The number of aliphatic hydroxyl groups is 1. The second kappa shape index (κ2) is 33.5. The normalized spacial score (nSPS) is 27.2. The van der Waals surface area contributed by atoms with E-state index in [0.717, 1.165) is 9.80 Å². The molecule has 0 aromatic heterocycles. The van der Waals surface area contributed by atoms with E-state index in [9.17, 15) is 53.1 Å². The number of carbonyl (C=O) groups is 11. The third-order valence-corrected chi connectivity index (χ3v) is 15.7. The van der Waals surface area contributed by atoms with Crippen molar-refractivity contribution in [3.05, 3.63) is 0 Å². The summed E-state index contributed by atoms with van der Waals surface area (Å²) in [6.45, 7) is 27.2. The number of amides is 11. The van der Waals surface area contributed by atoms with Crippen molar-refractivity contribution in [2.24, 2.45) is 47.2 Å². The fourth-order valence-corrected chi connectivity index (χ4v) is 10.3. The lowest BCUT2D eigenvalue weighted by atomic mass is 9.93. The number of hydrogen-bond acceptors (Lipinski definition) is 13. The fraction of sp³-hybridized carbons (Fsp3) is 0.814. The molecule has 11 amide bonds. The molecule has 0 aromatic carbocycles. The molecule has 476 valence electrons. The van der Waals surface area contributed by atoms with E-state index in [2.05, 4.69) is 21.3 Å². The maximum atomic E-state index is 15.0. The first kappa shape index (κ1) is 75.1. The number of aliphatic hydroxyl groups excluding tert-OH is 1. The van der Waals surface area contributed by atoms with Gasteiger partial charge in [0.15, 0.2) is 0 Å². The summed E-state index contributed by atoms with van der Waals surface area (Å²) in [6, 6.07) is -12.4. The van der Waals surface area contributed by atoms with Crippen molar-refractivity contribution in [1.29, 1.82) is 0 Å². The van der Waals surface area contributed by atoms with Gasteiger partial charge in [-0.25, -0.2) is 0 Å². The van der Waals surface area contributed by atoms with E-state index in [0.29, 0.717) is 0 Å². The average molecular weight is 1180 g/mol. The van der Waals surface area contributed by atoms with Gasteiger partial charge in [-0.2, -0.15) is 0 Å². The van der Waals surface area contributed by atoms with E-state index in [1.807, 2.05) is 55.4 Å². The Hall–Kier alpha value is -5.91. The number of rotatable bonds is 14. The molecule has 0 spiro atoms. The smallest absolute Gasteiger partial charge is 0.246 e. The summed E-state index contributed by atoms with van der Waals surface area (Å²) < 4.78 is 0. The first-order valence-electron chi connectivity index (χ1n) is 29.7. The molecule has 0 bridgehead atoms. The molecule has 83 heavy (non-hydrogen) atoms. The summed E-state index contributed by atoms with van der Waals surface area (Å²) in [5.74, 6) is -10.0. The van der Waals surface area contributed by atoms with E-state index >= 15 is 4.79 Å². The number of nitrogens with one attached hydrogen (secondary N) is 4. The van der Waals surface area contributed by atoms with Crippen molar-refractivity contribution in [3.63, 3.8) is 0 Å². The predicted molar refractivity (Wildman–Crippen MR) is 318 cm³/mol. The molecular formula is C59H108N12O12. The second-order valence-electron chi connectivity index (χ2n) is 25.5. The highest BCUT2D eigenvalue weighted by molar-refractivity contribution is 5.99. The maximum Gasteiger partial charge on any atom is 0.246 e. The minimum atomic E-state index is -1.66. The monoisotopic (exact) mass is 1180 g/mol. The van der Waals surface area contributed by atoms with Gasteiger partial charge in [0.2, 0.25) is 65.0 Å². The van der Waals surface area contributed by atoms with Crippen LogP contribution in [0.25, 0.3) is 0 Å². The molecule has 0 unspecified atom stereocenters. The van der Waals surface area contributed by atoms with Gasteiger partial charge >= 0.3 is 0 Å². The fourth-order valence-electron chi connectivity index (χ4n) is 10.3. The van der Waals surface area contributed by atoms with Gasteiger partial charge in [-0.3, -0.25) is 52.7 Å². The Morgan fingerprint density at radius 3 is 1.28 bits per heavy atom. The molecule has 12 atom stereocenters. The van der Waals surface area contributed by atoms with Crippen LogP contribution in [0.15, 0.2) is 0 Å². The molecule has 0 aliphatic carbocycles. The standard InChI is InChI=1S/C59H108N12O12/c1-24-40-55(79)65(17)30-45(72)66(18)41(25-31(2)3)52(76)64-46(35(10)11)58(82)67(19)42(26-32(4)5)51(75)61-38(15)50(74)62-39(16)54(78)68(20)43(27-33(6)7)56(80)69(21)44(28-34(8)9)57(81)70(22)47(36(12)13)59(83)71(23)48(53(77)63-40)49(73)37(14)29-60/h31-44,46-49,73H,24-30,60H2,1-23H3,(H,61,75)(H,62,74)(H,63,77)(H,64,76)/t37-,38+,39-,40+,41+,42+,43+,44+,46+,47+,48+,49-/m1/s1. The lowest BCUT2D eigenvalue weighted by Gasteiger charge is -2.41. The van der Waals surface area contributed by atoms with E-state index in [1.165, 1.54) is 87.7 Å². The van der Waals surface area contributed by atoms with E-state index in [-0.39, 0.29) is 62.3 Å². The van der Waals surface area contributed by atoms with Gasteiger partial charge in [-0.1, -0.05) is 96.9 Å². The van der Waals surface area contributed by atoms with Crippen molar-refractivity contribution in [2.45, 2.75) is 209 Å². The summed E-state index contributed by atoms with van der Waals surface area (Å²) in [5, 5.41) is 22.7. The first-order chi connectivity index (χ1) is 38.2. The summed E-state index contributed by atoms with van der Waals surface area (Å²) in [5.41, 5.74) is 6.01. The molecule has 1 heterocycles. The number of hydrogen-bond donors (Lipinski definition) is 6. The molecule has 0 radical (unpaired) electrons. The highest BCUT2D eigenvalue weighted by Crippen LogP contribution is 2.25. The largest absolute Gasteiger partial charge is 0.390 e. The van der Waals surface area contributed by atoms with Crippen LogP contribution in [0.5, 0.6) is 0 Å². The second-order valence-corrected chi connectivity index (χ2v) is 25.5. The van der Waals surface area contributed by atoms with E-state index < -0.39 is 156 Å². The quantitative estimate of drug-likeness (QED) is 0.143. The zero-order valence-electron chi connectivity index (χ0n) is 54.5. The van der Waals surface area contributed by atoms with Crippen LogP contribution in [0.4, 0.5) is 0 Å². The van der Waals surface area contributed by atoms with Gasteiger partial charge in [0.1, 0.15) is 60.4 Å². The minimum absolute atomic E-state index is 0.00731. The Bertz CT molecular complexity index is 2240. The van der Waals surface area contributed by atoms with Gasteiger partial charge in [-0.15, -0.1) is 0 Å². The third kappa shape index (κ3) is 20.7. The zero-order chi connectivity index (χ0) is 64.6. The Labute approximate surface area is 495 Å². The SMILES string of the molecule is CC[C@@H]1NC(=O)[C@H]([C@H](O)[C@H](C)CN)N(C)C(=O)[C@H](C(C)C)N(C)C(=O)[C@H](CC(C)C)N(C)C(=O)[C@H](CC(C)C)N(C)C(=O)[C@@H](C)NC(=O)[C@H](C)NC(=O)[C@H](CC(C)C)N(C)C(=O)[C@H](C(C)C)NC(=O)[C@H](CC(C)C)N(C)C(=O)CN(C)C1=O. The summed E-state index contributed by atoms with van der Waals surface area (Å²) >= 11 is 0. The molecule has 1 aliphatic rings.